The number of anilines is 1. The molecule has 1 aliphatic heterocycles. The predicted molar refractivity (Wildman–Crippen MR) is 136 cm³/mol. The minimum atomic E-state index is -1.16. The summed E-state index contributed by atoms with van der Waals surface area (Å²) in [6.45, 7) is 1.12. The first kappa shape index (κ1) is 24.6. The van der Waals surface area contributed by atoms with Crippen molar-refractivity contribution in [3.63, 3.8) is 0 Å². The lowest BCUT2D eigenvalue weighted by Crippen LogP contribution is -2.30. The number of nitrogens with zero attached hydrogens (tertiary/aromatic N) is 2. The van der Waals surface area contributed by atoms with Gasteiger partial charge in [-0.15, -0.1) is 0 Å². The topological polar surface area (TPSA) is 91.8 Å². The van der Waals surface area contributed by atoms with Gasteiger partial charge in [-0.05, 0) is 47.9 Å². The summed E-state index contributed by atoms with van der Waals surface area (Å²) >= 11 is 12.5. The number of nitrogens with one attached hydrogen (secondary N) is 1. The fourth-order valence-electron chi connectivity index (χ4n) is 3.75. The van der Waals surface area contributed by atoms with E-state index in [1.807, 2.05) is 54.6 Å². The van der Waals surface area contributed by atoms with E-state index in [2.05, 4.69) is 21.3 Å². The number of aliphatic carboxylic acids is 1. The van der Waals surface area contributed by atoms with Crippen molar-refractivity contribution in [1.29, 1.82) is 0 Å². The van der Waals surface area contributed by atoms with Gasteiger partial charge in [0.2, 0.25) is 0 Å². The zero-order chi connectivity index (χ0) is 24.8. The van der Waals surface area contributed by atoms with E-state index < -0.39 is 18.4 Å². The van der Waals surface area contributed by atoms with Gasteiger partial charge < -0.3 is 20.1 Å². The van der Waals surface area contributed by atoms with E-state index in [1.54, 1.807) is 6.07 Å². The van der Waals surface area contributed by atoms with Crippen molar-refractivity contribution in [2.45, 2.75) is 13.0 Å². The highest BCUT2D eigenvalue weighted by Gasteiger charge is 2.22. The summed E-state index contributed by atoms with van der Waals surface area (Å²) in [5.41, 5.74) is 3.60. The molecule has 0 aliphatic carbocycles. The summed E-state index contributed by atoms with van der Waals surface area (Å²) in [5, 5.41) is 12.1. The summed E-state index contributed by atoms with van der Waals surface area (Å²) in [7, 11) is 0. The number of hydrogen-bond donors (Lipinski definition) is 2. The second-order valence-corrected chi connectivity index (χ2v) is 8.72. The molecule has 0 unspecified atom stereocenters. The minimum absolute atomic E-state index is 0.0601. The molecule has 35 heavy (non-hydrogen) atoms. The van der Waals surface area contributed by atoms with Gasteiger partial charge in [0.1, 0.15) is 18.3 Å². The third-order valence-electron chi connectivity index (χ3n) is 5.54. The molecule has 0 fully saturated rings. The van der Waals surface area contributed by atoms with Crippen LogP contribution in [0.2, 0.25) is 10.2 Å². The van der Waals surface area contributed by atoms with E-state index in [-0.39, 0.29) is 23.2 Å². The molecular weight excluding hydrogens is 489 g/mol. The third kappa shape index (κ3) is 6.32. The molecule has 4 rings (SSSR count). The molecule has 0 spiro atoms. The Hall–Kier alpha value is -3.55. The Morgan fingerprint density at radius 3 is 2.49 bits per heavy atom. The molecule has 1 aliphatic rings. The molecule has 7 nitrogen and oxygen atoms in total. The molecule has 2 N–H and O–H groups in total. The molecule has 0 bridgehead atoms. The Morgan fingerprint density at radius 2 is 1.83 bits per heavy atom. The first-order valence-electron chi connectivity index (χ1n) is 11.0. The zero-order valence-corrected chi connectivity index (χ0v) is 20.2. The number of ether oxygens (including phenoxy) is 1. The first-order chi connectivity index (χ1) is 16.9. The summed E-state index contributed by atoms with van der Waals surface area (Å²) in [4.78, 5) is 30.0. The highest BCUT2D eigenvalue weighted by atomic mass is 35.5. The molecule has 180 valence electrons. The second kappa shape index (κ2) is 11.3. The van der Waals surface area contributed by atoms with Crippen LogP contribution >= 0.6 is 23.2 Å². The summed E-state index contributed by atoms with van der Waals surface area (Å²) in [5.74, 6) is -1.60. The molecule has 0 radical (unpaired) electrons. The number of halogens is 2. The number of pyridine rings is 1. The lowest BCUT2D eigenvalue weighted by atomic mass is 10.00. The molecule has 1 aromatic heterocycles. The van der Waals surface area contributed by atoms with Gasteiger partial charge in [0.25, 0.3) is 5.91 Å². The maximum atomic E-state index is 12.6. The van der Waals surface area contributed by atoms with Crippen molar-refractivity contribution in [2.75, 3.05) is 24.5 Å². The van der Waals surface area contributed by atoms with Crippen LogP contribution in [-0.4, -0.2) is 41.6 Å². The minimum Gasteiger partial charge on any atom is -0.486 e. The maximum absolute atomic E-state index is 12.6. The normalized spacial score (nSPS) is 13.2. The molecule has 2 heterocycles. The number of hydrogen-bond acceptors (Lipinski definition) is 5. The SMILES string of the molecule is O=C(O)CNC(=O)c1nc(Cl)c(C2=CCN(c3ccc(Cl)cc3)CC2)cc1OCc1ccccc1. The van der Waals surface area contributed by atoms with Crippen LogP contribution in [0.1, 0.15) is 28.0 Å². The van der Waals surface area contributed by atoms with E-state index >= 15 is 0 Å². The van der Waals surface area contributed by atoms with Gasteiger partial charge in [0, 0.05) is 29.4 Å². The smallest absolute Gasteiger partial charge is 0.322 e. The number of carbonyl (C=O) groups is 2. The number of benzene rings is 2. The number of carbonyl (C=O) groups excluding carboxylic acids is 1. The van der Waals surface area contributed by atoms with Crippen molar-refractivity contribution in [2.24, 2.45) is 0 Å². The summed E-state index contributed by atoms with van der Waals surface area (Å²) < 4.78 is 5.96. The maximum Gasteiger partial charge on any atom is 0.322 e. The summed E-state index contributed by atoms with van der Waals surface area (Å²) in [6, 6.07) is 18.9. The standard InChI is InChI=1S/C26H23Cl2N3O4/c27-19-6-8-20(9-7-19)31-12-10-18(11-13-31)21-14-22(35-16-17-4-2-1-3-5-17)24(30-25(21)28)26(34)29-15-23(32)33/h1-10,14H,11-13,15-16H2,(H,29,34)(H,32,33). The Kier molecular flexibility index (Phi) is 7.90. The Labute approximate surface area is 213 Å². The fraction of sp³-hybridized carbons (Fsp3) is 0.192. The van der Waals surface area contributed by atoms with Gasteiger partial charge in [-0.1, -0.05) is 59.6 Å². The lowest BCUT2D eigenvalue weighted by molar-refractivity contribution is -0.135. The molecule has 9 heteroatoms. The number of amides is 1. The van der Waals surface area contributed by atoms with E-state index in [0.717, 1.165) is 23.4 Å². The summed E-state index contributed by atoms with van der Waals surface area (Å²) in [6.07, 6.45) is 2.79. The average Bonchev–Trinajstić information content (AvgIpc) is 2.87. The van der Waals surface area contributed by atoms with Gasteiger partial charge >= 0.3 is 5.97 Å². The van der Waals surface area contributed by atoms with Crippen LogP contribution in [0.4, 0.5) is 5.69 Å². The van der Waals surface area contributed by atoms with Crippen molar-refractivity contribution in [3.05, 3.63) is 93.7 Å². The fourth-order valence-corrected chi connectivity index (χ4v) is 4.13. The van der Waals surface area contributed by atoms with Gasteiger partial charge in [-0.25, -0.2) is 4.98 Å². The van der Waals surface area contributed by atoms with Crippen LogP contribution in [0.3, 0.4) is 0 Å². The number of carboxylic acids is 1. The van der Waals surface area contributed by atoms with Crippen LogP contribution in [0.15, 0.2) is 66.7 Å². The quantitative estimate of drug-likeness (QED) is 0.410. The van der Waals surface area contributed by atoms with E-state index in [1.165, 1.54) is 0 Å². The highest BCUT2D eigenvalue weighted by Crippen LogP contribution is 2.33. The van der Waals surface area contributed by atoms with Crippen LogP contribution in [0, 0.1) is 0 Å². The molecule has 1 amide bonds. The predicted octanol–water partition coefficient (Wildman–Crippen LogP) is 5.08. The Morgan fingerprint density at radius 1 is 1.09 bits per heavy atom. The zero-order valence-electron chi connectivity index (χ0n) is 18.7. The molecule has 0 saturated carbocycles. The van der Waals surface area contributed by atoms with E-state index in [9.17, 15) is 9.59 Å². The Balaban J connectivity index is 1.59. The van der Waals surface area contributed by atoms with Gasteiger partial charge in [0.15, 0.2) is 11.4 Å². The molecule has 3 aromatic rings. The molecule has 0 atom stereocenters. The van der Waals surface area contributed by atoms with Crippen LogP contribution in [0.5, 0.6) is 5.75 Å². The largest absolute Gasteiger partial charge is 0.486 e. The van der Waals surface area contributed by atoms with Crippen LogP contribution < -0.4 is 15.0 Å². The average molecular weight is 512 g/mol. The number of rotatable bonds is 8. The number of aromatic nitrogens is 1. The van der Waals surface area contributed by atoms with Gasteiger partial charge in [-0.2, -0.15) is 0 Å². The van der Waals surface area contributed by atoms with Crippen LogP contribution in [-0.2, 0) is 11.4 Å². The van der Waals surface area contributed by atoms with Crippen molar-refractivity contribution in [3.8, 4) is 5.75 Å². The van der Waals surface area contributed by atoms with Crippen molar-refractivity contribution >= 4 is 46.3 Å². The van der Waals surface area contributed by atoms with Gasteiger partial charge in [-0.3, -0.25) is 9.59 Å². The monoisotopic (exact) mass is 511 g/mol. The lowest BCUT2D eigenvalue weighted by Gasteiger charge is -2.29. The highest BCUT2D eigenvalue weighted by molar-refractivity contribution is 6.31. The third-order valence-corrected chi connectivity index (χ3v) is 6.08. The van der Waals surface area contributed by atoms with Gasteiger partial charge in [0.05, 0.1) is 0 Å². The van der Waals surface area contributed by atoms with Crippen LogP contribution in [0.25, 0.3) is 5.57 Å². The second-order valence-electron chi connectivity index (χ2n) is 7.93. The number of carboxylic acid groups (broad SMARTS) is 1. The van der Waals surface area contributed by atoms with Crippen molar-refractivity contribution in [1.82, 2.24) is 10.3 Å². The van der Waals surface area contributed by atoms with Crippen molar-refractivity contribution < 1.29 is 19.4 Å². The Bertz CT molecular complexity index is 1250. The van der Waals surface area contributed by atoms with E-state index in [0.29, 0.717) is 23.6 Å². The first-order valence-corrected chi connectivity index (χ1v) is 11.7. The molecule has 2 aromatic carbocycles. The molecular formula is C26H23Cl2N3O4. The molecule has 0 saturated heterocycles. The van der Waals surface area contributed by atoms with E-state index in [4.69, 9.17) is 33.0 Å².